The summed E-state index contributed by atoms with van der Waals surface area (Å²) < 4.78 is 5.85. The largest absolute Gasteiger partial charge is 0.508 e. The molecule has 0 radical (unpaired) electrons. The van der Waals surface area contributed by atoms with Gasteiger partial charge < -0.3 is 14.9 Å². The van der Waals surface area contributed by atoms with Crippen LogP contribution in [0.4, 0.5) is 0 Å². The molecule has 0 fully saturated rings. The number of thiophene rings is 1. The van der Waals surface area contributed by atoms with E-state index >= 15 is 0 Å². The zero-order valence-electron chi connectivity index (χ0n) is 12.2. The molecule has 1 aromatic heterocycles. The third kappa shape index (κ3) is 2.47. The highest BCUT2D eigenvalue weighted by molar-refractivity contribution is 7.11. The summed E-state index contributed by atoms with van der Waals surface area (Å²) in [5, 5.41) is 21.3. The molecule has 0 saturated heterocycles. The van der Waals surface area contributed by atoms with Gasteiger partial charge in [0, 0.05) is 27.7 Å². The fraction of sp³-hybridized carbons (Fsp3) is 0.0526. The Bertz CT molecular complexity index is 877. The van der Waals surface area contributed by atoms with E-state index in [2.05, 4.69) is 6.07 Å². The number of hydrogen-bond acceptors (Lipinski definition) is 4. The molecule has 0 spiro atoms. The molecule has 0 unspecified atom stereocenters. The van der Waals surface area contributed by atoms with Gasteiger partial charge in [0.15, 0.2) is 0 Å². The van der Waals surface area contributed by atoms with Crippen molar-refractivity contribution in [2.45, 2.75) is 0 Å². The molecule has 1 aliphatic heterocycles. The lowest BCUT2D eigenvalue weighted by Gasteiger charge is -2.24. The van der Waals surface area contributed by atoms with Crippen molar-refractivity contribution in [1.29, 1.82) is 0 Å². The molecule has 114 valence electrons. The van der Waals surface area contributed by atoms with Crippen molar-refractivity contribution in [3.63, 3.8) is 0 Å². The van der Waals surface area contributed by atoms with E-state index in [0.717, 1.165) is 27.2 Å². The van der Waals surface area contributed by atoms with E-state index in [1.807, 2.05) is 29.6 Å². The Morgan fingerprint density at radius 3 is 2.43 bits per heavy atom. The fourth-order valence-electron chi connectivity index (χ4n) is 2.81. The van der Waals surface area contributed by atoms with Crippen LogP contribution in [0.25, 0.3) is 11.1 Å². The fourth-order valence-corrected chi connectivity index (χ4v) is 3.63. The lowest BCUT2D eigenvalue weighted by atomic mass is 9.91. The molecule has 3 nitrogen and oxygen atoms in total. The zero-order chi connectivity index (χ0) is 15.8. The van der Waals surface area contributed by atoms with E-state index in [0.29, 0.717) is 12.4 Å². The van der Waals surface area contributed by atoms with Gasteiger partial charge in [0.25, 0.3) is 0 Å². The van der Waals surface area contributed by atoms with Crippen LogP contribution in [0, 0.1) is 0 Å². The van der Waals surface area contributed by atoms with Crippen molar-refractivity contribution in [2.24, 2.45) is 0 Å². The number of ether oxygens (including phenoxy) is 1. The summed E-state index contributed by atoms with van der Waals surface area (Å²) in [5.41, 5.74) is 4.18. The minimum absolute atomic E-state index is 0.197. The molecule has 4 heteroatoms. The smallest absolute Gasteiger partial charge is 0.131 e. The van der Waals surface area contributed by atoms with Crippen molar-refractivity contribution in [2.75, 3.05) is 6.61 Å². The lowest BCUT2D eigenvalue weighted by molar-refractivity contribution is 0.361. The number of fused-ring (bicyclic) bond motifs is 1. The van der Waals surface area contributed by atoms with Crippen molar-refractivity contribution in [1.82, 2.24) is 0 Å². The quantitative estimate of drug-likeness (QED) is 0.730. The van der Waals surface area contributed by atoms with Gasteiger partial charge in [-0.05, 0) is 41.3 Å². The highest BCUT2D eigenvalue weighted by Gasteiger charge is 2.23. The van der Waals surface area contributed by atoms with Gasteiger partial charge >= 0.3 is 0 Å². The Balaban J connectivity index is 1.97. The summed E-state index contributed by atoms with van der Waals surface area (Å²) in [4.78, 5) is 1.16. The first-order chi connectivity index (χ1) is 11.2. The minimum atomic E-state index is 0.197. The van der Waals surface area contributed by atoms with Crippen LogP contribution in [0.3, 0.4) is 0 Å². The van der Waals surface area contributed by atoms with Gasteiger partial charge in [0.1, 0.15) is 23.9 Å². The van der Waals surface area contributed by atoms with E-state index in [1.54, 1.807) is 35.6 Å². The second kappa shape index (κ2) is 5.48. The summed E-state index contributed by atoms with van der Waals surface area (Å²) in [6.07, 6.45) is 0. The zero-order valence-corrected chi connectivity index (χ0v) is 13.0. The maximum Gasteiger partial charge on any atom is 0.131 e. The van der Waals surface area contributed by atoms with Gasteiger partial charge in [-0.25, -0.2) is 0 Å². The molecule has 0 amide bonds. The molecular formula is C19H14O3S. The third-order valence-corrected chi connectivity index (χ3v) is 4.78. The van der Waals surface area contributed by atoms with Crippen molar-refractivity contribution in [3.05, 3.63) is 76.0 Å². The molecule has 0 atom stereocenters. The van der Waals surface area contributed by atoms with Crippen molar-refractivity contribution < 1.29 is 14.9 Å². The molecule has 0 bridgehead atoms. The minimum Gasteiger partial charge on any atom is -0.508 e. The molecule has 1 aliphatic rings. The Morgan fingerprint density at radius 2 is 1.70 bits per heavy atom. The Labute approximate surface area is 137 Å². The third-order valence-electron chi connectivity index (χ3n) is 3.89. The van der Waals surface area contributed by atoms with Gasteiger partial charge in [0.2, 0.25) is 0 Å². The van der Waals surface area contributed by atoms with Crippen LogP contribution >= 0.6 is 11.3 Å². The van der Waals surface area contributed by atoms with Gasteiger partial charge in [-0.15, -0.1) is 11.3 Å². The molecule has 3 aromatic rings. The first-order valence-corrected chi connectivity index (χ1v) is 8.13. The maximum atomic E-state index is 9.70. The van der Waals surface area contributed by atoms with Crippen LogP contribution in [0.5, 0.6) is 17.2 Å². The van der Waals surface area contributed by atoms with E-state index in [1.165, 1.54) is 0 Å². The lowest BCUT2D eigenvalue weighted by Crippen LogP contribution is -2.11. The number of rotatable bonds is 2. The maximum absolute atomic E-state index is 9.70. The van der Waals surface area contributed by atoms with Gasteiger partial charge in [0.05, 0.1) is 0 Å². The average molecular weight is 322 g/mol. The first kappa shape index (κ1) is 13.9. The molecule has 4 rings (SSSR count). The van der Waals surface area contributed by atoms with Crippen LogP contribution in [0.1, 0.15) is 16.0 Å². The molecular weight excluding hydrogens is 308 g/mol. The number of aromatic hydroxyl groups is 2. The van der Waals surface area contributed by atoms with E-state index in [4.69, 9.17) is 4.74 Å². The SMILES string of the molecule is Oc1ccc(C2=C(c3cccs3)c3ccc(O)cc3OC2)cc1. The van der Waals surface area contributed by atoms with Crippen molar-refractivity contribution in [3.8, 4) is 17.2 Å². The van der Waals surface area contributed by atoms with Crippen LogP contribution in [-0.2, 0) is 0 Å². The number of phenols is 2. The van der Waals surface area contributed by atoms with Crippen molar-refractivity contribution >= 4 is 22.5 Å². The highest BCUT2D eigenvalue weighted by atomic mass is 32.1. The summed E-state index contributed by atoms with van der Waals surface area (Å²) in [6.45, 7) is 0.425. The summed E-state index contributed by atoms with van der Waals surface area (Å²) in [6, 6.07) is 16.5. The molecule has 2 N–H and O–H groups in total. The highest BCUT2D eigenvalue weighted by Crippen LogP contribution is 2.43. The second-order valence-corrected chi connectivity index (χ2v) is 6.29. The molecule has 2 heterocycles. The topological polar surface area (TPSA) is 49.7 Å². The van der Waals surface area contributed by atoms with E-state index in [9.17, 15) is 10.2 Å². The van der Waals surface area contributed by atoms with Crippen LogP contribution in [0.2, 0.25) is 0 Å². The van der Waals surface area contributed by atoms with Gasteiger partial charge in [-0.3, -0.25) is 0 Å². The normalized spacial score (nSPS) is 13.6. The van der Waals surface area contributed by atoms with Crippen LogP contribution < -0.4 is 4.74 Å². The summed E-state index contributed by atoms with van der Waals surface area (Å²) in [7, 11) is 0. The first-order valence-electron chi connectivity index (χ1n) is 7.25. The standard InChI is InChI=1S/C19H14O3S/c20-13-5-3-12(4-6-13)16-11-22-17-10-14(21)7-8-15(17)19(16)18-2-1-9-23-18/h1-10,20-21H,11H2. The molecule has 2 aromatic carbocycles. The predicted octanol–water partition coefficient (Wildman–Crippen LogP) is 4.51. The summed E-state index contributed by atoms with van der Waals surface area (Å²) >= 11 is 1.67. The van der Waals surface area contributed by atoms with E-state index in [-0.39, 0.29) is 11.5 Å². The number of phenolic OH excluding ortho intramolecular Hbond substituents is 2. The van der Waals surface area contributed by atoms with Crippen LogP contribution in [0.15, 0.2) is 60.0 Å². The number of benzene rings is 2. The number of hydrogen-bond donors (Lipinski definition) is 2. The van der Waals surface area contributed by atoms with E-state index < -0.39 is 0 Å². The molecule has 0 aliphatic carbocycles. The van der Waals surface area contributed by atoms with Gasteiger partial charge in [-0.2, -0.15) is 0 Å². The monoisotopic (exact) mass is 322 g/mol. The molecule has 23 heavy (non-hydrogen) atoms. The Hall–Kier alpha value is -2.72. The second-order valence-electron chi connectivity index (χ2n) is 5.35. The van der Waals surface area contributed by atoms with Gasteiger partial charge in [-0.1, -0.05) is 18.2 Å². The predicted molar refractivity (Wildman–Crippen MR) is 91.9 cm³/mol. The Kier molecular flexibility index (Phi) is 3.32. The average Bonchev–Trinajstić information content (AvgIpc) is 3.08. The summed E-state index contributed by atoms with van der Waals surface area (Å²) in [5.74, 6) is 1.13. The van der Waals surface area contributed by atoms with Crippen LogP contribution in [-0.4, -0.2) is 16.8 Å². The Morgan fingerprint density at radius 1 is 0.913 bits per heavy atom. The molecule has 0 saturated carbocycles.